The highest BCUT2D eigenvalue weighted by molar-refractivity contribution is 5.79. The number of amides is 1. The molecule has 2 aromatic carbocycles. The van der Waals surface area contributed by atoms with Gasteiger partial charge in [0.1, 0.15) is 17.5 Å². The predicted octanol–water partition coefficient (Wildman–Crippen LogP) is 5.63. The van der Waals surface area contributed by atoms with Crippen LogP contribution in [-0.4, -0.2) is 27.3 Å². The van der Waals surface area contributed by atoms with Gasteiger partial charge in [0.25, 0.3) is 0 Å². The van der Waals surface area contributed by atoms with Crippen molar-refractivity contribution in [3.8, 4) is 22.5 Å². The van der Waals surface area contributed by atoms with Crippen molar-refractivity contribution in [2.75, 3.05) is 6.54 Å². The Hall–Kier alpha value is -3.22. The van der Waals surface area contributed by atoms with Crippen molar-refractivity contribution in [3.05, 3.63) is 66.0 Å². The summed E-state index contributed by atoms with van der Waals surface area (Å²) < 4.78 is 29.0. The van der Waals surface area contributed by atoms with E-state index in [1.54, 1.807) is 24.3 Å². The van der Waals surface area contributed by atoms with Crippen LogP contribution < -0.4 is 5.32 Å². The Morgan fingerprint density at radius 2 is 1.50 bits per heavy atom. The smallest absolute Gasteiger partial charge is 0.404 e. The topological polar surface area (TPSA) is 67.2 Å². The number of benzene rings is 2. The van der Waals surface area contributed by atoms with Gasteiger partial charge in [0.2, 0.25) is 0 Å². The van der Waals surface area contributed by atoms with E-state index >= 15 is 0 Å². The van der Waals surface area contributed by atoms with Crippen LogP contribution in [0, 0.1) is 18.6 Å². The summed E-state index contributed by atoms with van der Waals surface area (Å²) in [6.07, 6.45) is 2.57. The van der Waals surface area contributed by atoms with E-state index in [1.165, 1.54) is 24.3 Å². The maximum absolute atomic E-state index is 13.5. The van der Waals surface area contributed by atoms with Gasteiger partial charge in [-0.2, -0.15) is 0 Å². The second kappa shape index (κ2) is 10.0. The molecule has 1 amide bonds. The average Bonchev–Trinajstić information content (AvgIpc) is 3.04. The van der Waals surface area contributed by atoms with Crippen molar-refractivity contribution in [2.45, 2.75) is 39.2 Å². The number of carbonyl (C=O) groups is 1. The first-order valence-electron chi connectivity index (χ1n) is 10.0. The number of rotatable bonds is 9. The predicted molar refractivity (Wildman–Crippen MR) is 112 cm³/mol. The van der Waals surface area contributed by atoms with E-state index in [-0.39, 0.29) is 11.6 Å². The summed E-state index contributed by atoms with van der Waals surface area (Å²) in [5, 5.41) is 11.0. The second-order valence-corrected chi connectivity index (χ2v) is 7.17. The van der Waals surface area contributed by atoms with Gasteiger partial charge in [0.15, 0.2) is 0 Å². The van der Waals surface area contributed by atoms with Crippen LogP contribution in [0.1, 0.15) is 31.5 Å². The van der Waals surface area contributed by atoms with E-state index in [9.17, 15) is 13.6 Å². The number of halogens is 2. The number of nitrogens with one attached hydrogen (secondary N) is 1. The average molecular weight is 413 g/mol. The number of unbranched alkanes of at least 4 members (excludes halogenated alkanes) is 3. The first kappa shape index (κ1) is 21.5. The van der Waals surface area contributed by atoms with Crippen LogP contribution in [0.3, 0.4) is 0 Å². The molecule has 1 aromatic heterocycles. The van der Waals surface area contributed by atoms with Crippen LogP contribution in [0.25, 0.3) is 22.5 Å². The van der Waals surface area contributed by atoms with E-state index in [4.69, 9.17) is 10.1 Å². The molecule has 158 valence electrons. The van der Waals surface area contributed by atoms with Gasteiger partial charge >= 0.3 is 6.09 Å². The molecule has 0 fully saturated rings. The third-order valence-corrected chi connectivity index (χ3v) is 4.98. The lowest BCUT2D eigenvalue weighted by molar-refractivity contribution is 0.194. The standard InChI is InChI=1S/C23H25F2N3O2/c1-16-27-21(17-6-10-19(24)11-7-17)22(18-8-12-20(25)13-9-18)28(16)15-5-3-2-4-14-26-23(29)30/h6-13,26H,2-5,14-15H2,1H3,(H,29,30). The lowest BCUT2D eigenvalue weighted by Gasteiger charge is -2.12. The van der Waals surface area contributed by atoms with Crippen LogP contribution in [0.5, 0.6) is 0 Å². The molecule has 3 aromatic rings. The summed E-state index contributed by atoms with van der Waals surface area (Å²) in [5.41, 5.74) is 3.27. The quantitative estimate of drug-likeness (QED) is 0.447. The number of nitrogens with zero attached hydrogens (tertiary/aromatic N) is 2. The van der Waals surface area contributed by atoms with Crippen LogP contribution in [-0.2, 0) is 6.54 Å². The highest BCUT2D eigenvalue weighted by Crippen LogP contribution is 2.33. The highest BCUT2D eigenvalue weighted by Gasteiger charge is 2.18. The van der Waals surface area contributed by atoms with E-state index in [0.717, 1.165) is 60.6 Å². The zero-order valence-electron chi connectivity index (χ0n) is 16.9. The van der Waals surface area contributed by atoms with E-state index in [0.29, 0.717) is 6.54 Å². The lowest BCUT2D eigenvalue weighted by atomic mass is 10.0. The number of imidazole rings is 1. The molecular formula is C23H25F2N3O2. The SMILES string of the molecule is Cc1nc(-c2ccc(F)cc2)c(-c2ccc(F)cc2)n1CCCCCCNC(=O)O. The van der Waals surface area contributed by atoms with Gasteiger partial charge < -0.3 is 15.0 Å². The molecule has 7 heteroatoms. The Bertz CT molecular complexity index is 983. The fourth-order valence-corrected chi connectivity index (χ4v) is 3.49. The lowest BCUT2D eigenvalue weighted by Crippen LogP contribution is -2.21. The molecule has 0 aliphatic heterocycles. The molecule has 3 rings (SSSR count). The third kappa shape index (κ3) is 5.43. The summed E-state index contributed by atoms with van der Waals surface area (Å²) in [6, 6.07) is 12.5. The van der Waals surface area contributed by atoms with Gasteiger partial charge in [-0.25, -0.2) is 18.6 Å². The normalized spacial score (nSPS) is 10.9. The Morgan fingerprint density at radius 1 is 0.933 bits per heavy atom. The number of hydrogen-bond donors (Lipinski definition) is 2. The molecule has 0 unspecified atom stereocenters. The Kier molecular flexibility index (Phi) is 7.17. The van der Waals surface area contributed by atoms with Crippen LogP contribution in [0.15, 0.2) is 48.5 Å². The zero-order valence-corrected chi connectivity index (χ0v) is 16.9. The van der Waals surface area contributed by atoms with Gasteiger partial charge in [0.05, 0.1) is 11.4 Å². The van der Waals surface area contributed by atoms with Crippen molar-refractivity contribution < 1.29 is 18.7 Å². The molecule has 0 aliphatic carbocycles. The maximum atomic E-state index is 13.5. The van der Waals surface area contributed by atoms with Gasteiger partial charge in [-0.3, -0.25) is 0 Å². The Balaban J connectivity index is 1.81. The van der Waals surface area contributed by atoms with Crippen molar-refractivity contribution >= 4 is 6.09 Å². The number of carboxylic acid groups (broad SMARTS) is 1. The molecule has 0 bridgehead atoms. The first-order chi connectivity index (χ1) is 14.5. The van der Waals surface area contributed by atoms with Crippen molar-refractivity contribution in [1.29, 1.82) is 0 Å². The fraction of sp³-hybridized carbons (Fsp3) is 0.304. The van der Waals surface area contributed by atoms with Crippen molar-refractivity contribution in [2.24, 2.45) is 0 Å². The monoisotopic (exact) mass is 413 g/mol. The molecule has 0 atom stereocenters. The minimum atomic E-state index is -0.999. The molecule has 1 heterocycles. The number of aryl methyl sites for hydroxylation is 1. The van der Waals surface area contributed by atoms with Crippen LogP contribution >= 0.6 is 0 Å². The van der Waals surface area contributed by atoms with Gasteiger partial charge in [-0.05, 0) is 68.3 Å². The molecule has 0 aliphatic rings. The first-order valence-corrected chi connectivity index (χ1v) is 10.0. The molecule has 0 saturated carbocycles. The molecule has 2 N–H and O–H groups in total. The van der Waals surface area contributed by atoms with E-state index in [2.05, 4.69) is 9.88 Å². The van der Waals surface area contributed by atoms with Crippen molar-refractivity contribution in [3.63, 3.8) is 0 Å². The minimum absolute atomic E-state index is 0.306. The second-order valence-electron chi connectivity index (χ2n) is 7.17. The largest absolute Gasteiger partial charge is 0.465 e. The summed E-state index contributed by atoms with van der Waals surface area (Å²) in [6.45, 7) is 3.12. The van der Waals surface area contributed by atoms with Crippen LogP contribution in [0.2, 0.25) is 0 Å². The molecule has 0 spiro atoms. The summed E-state index contributed by atoms with van der Waals surface area (Å²) >= 11 is 0. The maximum Gasteiger partial charge on any atom is 0.404 e. The molecule has 30 heavy (non-hydrogen) atoms. The highest BCUT2D eigenvalue weighted by atomic mass is 19.1. The number of hydrogen-bond acceptors (Lipinski definition) is 2. The molecule has 0 radical (unpaired) electrons. The molecular weight excluding hydrogens is 388 g/mol. The minimum Gasteiger partial charge on any atom is -0.465 e. The molecule has 5 nitrogen and oxygen atoms in total. The van der Waals surface area contributed by atoms with E-state index < -0.39 is 6.09 Å². The van der Waals surface area contributed by atoms with Crippen LogP contribution in [0.4, 0.5) is 13.6 Å². The van der Waals surface area contributed by atoms with Gasteiger partial charge in [0, 0.05) is 24.2 Å². The Labute approximate surface area is 174 Å². The Morgan fingerprint density at radius 3 is 2.10 bits per heavy atom. The number of aromatic nitrogens is 2. The fourth-order valence-electron chi connectivity index (χ4n) is 3.49. The zero-order chi connectivity index (χ0) is 21.5. The van der Waals surface area contributed by atoms with Crippen molar-refractivity contribution in [1.82, 2.24) is 14.9 Å². The van der Waals surface area contributed by atoms with E-state index in [1.807, 2.05) is 6.92 Å². The third-order valence-electron chi connectivity index (χ3n) is 4.98. The summed E-state index contributed by atoms with van der Waals surface area (Å²) in [7, 11) is 0. The molecule has 0 saturated heterocycles. The summed E-state index contributed by atoms with van der Waals surface area (Å²) in [4.78, 5) is 15.2. The van der Waals surface area contributed by atoms with Gasteiger partial charge in [-0.1, -0.05) is 12.8 Å². The summed E-state index contributed by atoms with van der Waals surface area (Å²) in [5.74, 6) is 0.219. The van der Waals surface area contributed by atoms with Gasteiger partial charge in [-0.15, -0.1) is 0 Å².